The summed E-state index contributed by atoms with van der Waals surface area (Å²) in [5.74, 6) is 0. The van der Waals surface area contributed by atoms with Gasteiger partial charge in [0.25, 0.3) is 0 Å². The Kier molecular flexibility index (Phi) is 3.07. The van der Waals surface area contributed by atoms with Gasteiger partial charge in [-0.2, -0.15) is 0 Å². The van der Waals surface area contributed by atoms with Crippen molar-refractivity contribution in [3.63, 3.8) is 0 Å². The lowest BCUT2D eigenvalue weighted by molar-refractivity contribution is 0.282. The first-order valence-corrected chi connectivity index (χ1v) is 4.13. The molecular weight excluding hydrogens is 203 g/mol. The van der Waals surface area contributed by atoms with Crippen LogP contribution < -0.4 is 0 Å². The Morgan fingerprint density at radius 3 is 2.09 bits per heavy atom. The summed E-state index contributed by atoms with van der Waals surface area (Å²) >= 11 is 15.5. The van der Waals surface area contributed by atoms with Crippen LogP contribution in [-0.4, -0.2) is 5.11 Å². The molecule has 1 rings (SSSR count). The van der Waals surface area contributed by atoms with Gasteiger partial charge >= 0.3 is 0 Å². The van der Waals surface area contributed by atoms with E-state index in [1.54, 1.807) is 12.1 Å². The molecular formula is C7H6Cl2OS. The SMILES string of the molecule is OCc1cc(Cl)c(S)c(Cl)c1. The lowest BCUT2D eigenvalue weighted by atomic mass is 10.2. The summed E-state index contributed by atoms with van der Waals surface area (Å²) in [4.78, 5) is 0.547. The maximum Gasteiger partial charge on any atom is 0.0682 e. The summed E-state index contributed by atoms with van der Waals surface area (Å²) in [6.07, 6.45) is 0. The van der Waals surface area contributed by atoms with Gasteiger partial charge in [0.15, 0.2) is 0 Å². The lowest BCUT2D eigenvalue weighted by Crippen LogP contribution is -1.83. The van der Waals surface area contributed by atoms with E-state index in [0.717, 1.165) is 0 Å². The molecule has 0 amide bonds. The molecule has 0 atom stereocenters. The van der Waals surface area contributed by atoms with Crippen molar-refractivity contribution in [2.45, 2.75) is 11.5 Å². The Morgan fingerprint density at radius 1 is 1.27 bits per heavy atom. The van der Waals surface area contributed by atoms with Crippen LogP contribution in [0.2, 0.25) is 10.0 Å². The van der Waals surface area contributed by atoms with Crippen LogP contribution in [0.15, 0.2) is 17.0 Å². The normalized spacial score (nSPS) is 10.2. The number of thiol groups is 1. The molecule has 0 saturated heterocycles. The molecule has 11 heavy (non-hydrogen) atoms. The first kappa shape index (κ1) is 9.20. The molecule has 1 nitrogen and oxygen atoms in total. The van der Waals surface area contributed by atoms with E-state index < -0.39 is 0 Å². The first-order chi connectivity index (χ1) is 5.15. The quantitative estimate of drug-likeness (QED) is 0.681. The molecule has 1 aromatic rings. The zero-order valence-corrected chi connectivity index (χ0v) is 7.92. The van der Waals surface area contributed by atoms with E-state index in [0.29, 0.717) is 20.5 Å². The molecule has 0 fully saturated rings. The van der Waals surface area contributed by atoms with Gasteiger partial charge in [-0.15, -0.1) is 12.6 Å². The van der Waals surface area contributed by atoms with Gasteiger partial charge in [0.2, 0.25) is 0 Å². The Hall–Kier alpha value is 0.110. The second kappa shape index (κ2) is 3.68. The minimum absolute atomic E-state index is 0.0620. The maximum absolute atomic E-state index is 8.74. The summed E-state index contributed by atoms with van der Waals surface area (Å²) < 4.78 is 0. The molecule has 0 aromatic heterocycles. The Labute approximate surface area is 80.4 Å². The topological polar surface area (TPSA) is 20.2 Å². The van der Waals surface area contributed by atoms with Crippen LogP contribution in [0.3, 0.4) is 0 Å². The molecule has 1 N–H and O–H groups in total. The third-order valence-electron chi connectivity index (χ3n) is 1.26. The summed E-state index contributed by atoms with van der Waals surface area (Å²) in [6, 6.07) is 3.27. The summed E-state index contributed by atoms with van der Waals surface area (Å²) in [7, 11) is 0. The van der Waals surface area contributed by atoms with Gasteiger partial charge in [-0.1, -0.05) is 23.2 Å². The van der Waals surface area contributed by atoms with E-state index >= 15 is 0 Å². The van der Waals surface area contributed by atoms with Gasteiger partial charge in [-0.05, 0) is 17.7 Å². The average molecular weight is 209 g/mol. The summed E-state index contributed by atoms with van der Waals surface area (Å²) in [6.45, 7) is -0.0620. The minimum Gasteiger partial charge on any atom is -0.392 e. The highest BCUT2D eigenvalue weighted by molar-refractivity contribution is 7.80. The number of hydrogen-bond acceptors (Lipinski definition) is 2. The van der Waals surface area contributed by atoms with Crippen molar-refractivity contribution >= 4 is 35.8 Å². The van der Waals surface area contributed by atoms with Gasteiger partial charge in [0, 0.05) is 4.90 Å². The summed E-state index contributed by atoms with van der Waals surface area (Å²) in [5.41, 5.74) is 0.692. The highest BCUT2D eigenvalue weighted by Gasteiger charge is 2.03. The number of aliphatic hydroxyl groups is 1. The van der Waals surface area contributed by atoms with Crippen molar-refractivity contribution in [3.05, 3.63) is 27.7 Å². The number of benzene rings is 1. The van der Waals surface area contributed by atoms with Gasteiger partial charge in [-0.3, -0.25) is 0 Å². The number of hydrogen-bond donors (Lipinski definition) is 2. The maximum atomic E-state index is 8.74. The average Bonchev–Trinajstić information content (AvgIpc) is 1.99. The molecule has 4 heteroatoms. The largest absolute Gasteiger partial charge is 0.392 e. The second-order valence-corrected chi connectivity index (χ2v) is 3.33. The first-order valence-electron chi connectivity index (χ1n) is 2.93. The highest BCUT2D eigenvalue weighted by Crippen LogP contribution is 2.29. The monoisotopic (exact) mass is 208 g/mol. The van der Waals surface area contributed by atoms with Gasteiger partial charge < -0.3 is 5.11 Å². The number of halogens is 2. The zero-order chi connectivity index (χ0) is 8.43. The molecule has 0 saturated carbocycles. The Morgan fingerprint density at radius 2 is 1.73 bits per heavy atom. The van der Waals surface area contributed by atoms with Crippen LogP contribution in [0.25, 0.3) is 0 Å². The van der Waals surface area contributed by atoms with Crippen molar-refractivity contribution in [1.82, 2.24) is 0 Å². The molecule has 60 valence electrons. The van der Waals surface area contributed by atoms with Crippen LogP contribution in [-0.2, 0) is 6.61 Å². The van der Waals surface area contributed by atoms with Gasteiger partial charge in [-0.25, -0.2) is 0 Å². The highest BCUT2D eigenvalue weighted by atomic mass is 35.5. The van der Waals surface area contributed by atoms with Crippen molar-refractivity contribution in [1.29, 1.82) is 0 Å². The Balaban J connectivity index is 3.21. The second-order valence-electron chi connectivity index (χ2n) is 2.07. The van der Waals surface area contributed by atoms with E-state index in [4.69, 9.17) is 28.3 Å². The van der Waals surface area contributed by atoms with E-state index in [1.165, 1.54) is 0 Å². The van der Waals surface area contributed by atoms with E-state index in [2.05, 4.69) is 12.6 Å². The molecule has 0 aliphatic carbocycles. The van der Waals surface area contributed by atoms with Crippen molar-refractivity contribution in [3.8, 4) is 0 Å². The fourth-order valence-electron chi connectivity index (χ4n) is 0.709. The predicted octanol–water partition coefficient (Wildman–Crippen LogP) is 2.77. The lowest BCUT2D eigenvalue weighted by Gasteiger charge is -2.02. The van der Waals surface area contributed by atoms with E-state index in [9.17, 15) is 0 Å². The van der Waals surface area contributed by atoms with Gasteiger partial charge in [0.1, 0.15) is 0 Å². The third-order valence-corrected chi connectivity index (χ3v) is 2.60. The van der Waals surface area contributed by atoms with Crippen molar-refractivity contribution < 1.29 is 5.11 Å². The number of rotatable bonds is 1. The summed E-state index contributed by atoms with van der Waals surface area (Å²) in [5, 5.41) is 9.66. The van der Waals surface area contributed by atoms with Crippen LogP contribution in [0.5, 0.6) is 0 Å². The van der Waals surface area contributed by atoms with Gasteiger partial charge in [0.05, 0.1) is 16.7 Å². The molecule has 0 bridgehead atoms. The standard InChI is InChI=1S/C7H6Cl2OS/c8-5-1-4(3-10)2-6(9)7(5)11/h1-2,10-11H,3H2. The minimum atomic E-state index is -0.0620. The van der Waals surface area contributed by atoms with Crippen molar-refractivity contribution in [2.75, 3.05) is 0 Å². The molecule has 0 aliphatic rings. The van der Waals surface area contributed by atoms with E-state index in [1.807, 2.05) is 0 Å². The molecule has 0 aliphatic heterocycles. The predicted molar refractivity (Wildman–Crippen MR) is 49.6 cm³/mol. The molecule has 1 aromatic carbocycles. The number of aliphatic hydroxyl groups excluding tert-OH is 1. The molecule has 0 spiro atoms. The van der Waals surface area contributed by atoms with Crippen molar-refractivity contribution in [2.24, 2.45) is 0 Å². The molecule has 0 radical (unpaired) electrons. The Bertz CT molecular complexity index is 252. The fourth-order valence-corrected chi connectivity index (χ4v) is 1.37. The van der Waals surface area contributed by atoms with E-state index in [-0.39, 0.29) is 6.61 Å². The smallest absolute Gasteiger partial charge is 0.0682 e. The van der Waals surface area contributed by atoms with Crippen LogP contribution in [0.4, 0.5) is 0 Å². The molecule has 0 unspecified atom stereocenters. The zero-order valence-electron chi connectivity index (χ0n) is 5.51. The fraction of sp³-hybridized carbons (Fsp3) is 0.143. The molecule has 0 heterocycles. The van der Waals surface area contributed by atoms with Crippen LogP contribution in [0.1, 0.15) is 5.56 Å². The van der Waals surface area contributed by atoms with Crippen LogP contribution in [0, 0.1) is 0 Å². The third kappa shape index (κ3) is 2.03. The van der Waals surface area contributed by atoms with Crippen LogP contribution >= 0.6 is 35.8 Å².